The molecule has 0 aromatic heterocycles. The van der Waals surface area contributed by atoms with E-state index in [0.717, 1.165) is 19.1 Å². The third-order valence-electron chi connectivity index (χ3n) is 6.89. The zero-order chi connectivity index (χ0) is 29.9. The number of anilines is 2. The summed E-state index contributed by atoms with van der Waals surface area (Å²) >= 11 is 0. The fourth-order valence-electron chi connectivity index (χ4n) is 4.94. The standard InChI is InChI=1S/C28H26F3N5O5/c1-40-25(37)22-21(17-6-4-3-5-7-17)20(16-32)24(33)36(23(22)26(38)41-2)19-10-8-18(9-11-19)34-12-14-35(15-13-34)27(39)28(29,30)31/h3-11,21H,12-15,33H2,1-2H3. The summed E-state index contributed by atoms with van der Waals surface area (Å²) in [6, 6.07) is 17.2. The van der Waals surface area contributed by atoms with Crippen LogP contribution >= 0.6 is 0 Å². The van der Waals surface area contributed by atoms with Crippen LogP contribution in [0, 0.1) is 11.3 Å². The molecule has 10 nitrogen and oxygen atoms in total. The summed E-state index contributed by atoms with van der Waals surface area (Å²) in [5, 5.41) is 10.1. The number of hydrogen-bond acceptors (Lipinski definition) is 9. The number of carbonyl (C=O) groups excluding carboxylic acids is 3. The molecule has 0 spiro atoms. The molecular weight excluding hydrogens is 543 g/mol. The van der Waals surface area contributed by atoms with Gasteiger partial charge in [0.05, 0.1) is 37.4 Å². The zero-order valence-electron chi connectivity index (χ0n) is 22.1. The monoisotopic (exact) mass is 569 g/mol. The molecule has 1 saturated heterocycles. The van der Waals surface area contributed by atoms with Gasteiger partial charge in [-0.1, -0.05) is 30.3 Å². The van der Waals surface area contributed by atoms with E-state index in [2.05, 4.69) is 6.07 Å². The summed E-state index contributed by atoms with van der Waals surface area (Å²) in [4.78, 5) is 41.7. The zero-order valence-corrected chi connectivity index (χ0v) is 22.1. The molecule has 0 saturated carbocycles. The first kappa shape index (κ1) is 29.0. The molecule has 0 bridgehead atoms. The largest absolute Gasteiger partial charge is 0.471 e. The van der Waals surface area contributed by atoms with E-state index in [0.29, 0.717) is 16.9 Å². The molecule has 4 rings (SSSR count). The topological polar surface area (TPSA) is 129 Å². The molecule has 1 fully saturated rings. The van der Waals surface area contributed by atoms with E-state index in [-0.39, 0.29) is 48.8 Å². The van der Waals surface area contributed by atoms with Gasteiger partial charge in [0.2, 0.25) is 0 Å². The summed E-state index contributed by atoms with van der Waals surface area (Å²) in [5.41, 5.74) is 7.64. The second-order valence-electron chi connectivity index (χ2n) is 9.13. The Morgan fingerprint density at radius 2 is 1.46 bits per heavy atom. The van der Waals surface area contributed by atoms with Crippen molar-refractivity contribution in [3.63, 3.8) is 0 Å². The van der Waals surface area contributed by atoms with Crippen molar-refractivity contribution in [2.75, 3.05) is 50.2 Å². The van der Waals surface area contributed by atoms with Gasteiger partial charge in [0, 0.05) is 37.6 Å². The molecule has 2 aliphatic heterocycles. The van der Waals surface area contributed by atoms with E-state index in [1.165, 1.54) is 4.90 Å². The van der Waals surface area contributed by atoms with Crippen LogP contribution in [0.25, 0.3) is 0 Å². The van der Waals surface area contributed by atoms with E-state index in [9.17, 15) is 32.8 Å². The van der Waals surface area contributed by atoms with E-state index >= 15 is 0 Å². The average molecular weight is 570 g/mol. The van der Waals surface area contributed by atoms with Gasteiger partial charge >= 0.3 is 24.0 Å². The van der Waals surface area contributed by atoms with Crippen molar-refractivity contribution >= 4 is 29.2 Å². The van der Waals surface area contributed by atoms with Crippen molar-refractivity contribution in [1.29, 1.82) is 5.26 Å². The number of ether oxygens (including phenoxy) is 2. The number of piperazine rings is 1. The number of amides is 1. The van der Waals surface area contributed by atoms with E-state index < -0.39 is 29.9 Å². The summed E-state index contributed by atoms with van der Waals surface area (Å²) in [7, 11) is 2.30. The minimum atomic E-state index is -4.93. The minimum absolute atomic E-state index is 0.0128. The first-order valence-electron chi connectivity index (χ1n) is 12.4. The molecule has 13 heteroatoms. The molecule has 41 heavy (non-hydrogen) atoms. The maximum Gasteiger partial charge on any atom is 0.471 e. The number of benzene rings is 2. The maximum atomic E-state index is 13.2. The number of carbonyl (C=O) groups is 3. The molecule has 1 atom stereocenters. The molecule has 1 amide bonds. The average Bonchev–Trinajstić information content (AvgIpc) is 2.99. The van der Waals surface area contributed by atoms with Crippen LogP contribution in [0.5, 0.6) is 0 Å². The first-order chi connectivity index (χ1) is 19.5. The Balaban J connectivity index is 1.73. The van der Waals surface area contributed by atoms with Crippen molar-refractivity contribution in [2.45, 2.75) is 12.1 Å². The number of rotatable bonds is 5. The molecule has 2 N–H and O–H groups in total. The number of alkyl halides is 3. The third-order valence-corrected chi connectivity index (χ3v) is 6.89. The summed E-state index contributed by atoms with van der Waals surface area (Å²) in [5.74, 6) is -4.71. The van der Waals surface area contributed by atoms with Crippen LogP contribution in [0.4, 0.5) is 24.5 Å². The second kappa shape index (κ2) is 11.6. The van der Waals surface area contributed by atoms with Crippen molar-refractivity contribution in [3.8, 4) is 6.07 Å². The molecular formula is C28H26F3N5O5. The van der Waals surface area contributed by atoms with Crippen LogP contribution in [0.15, 0.2) is 77.3 Å². The van der Waals surface area contributed by atoms with Crippen LogP contribution in [0.2, 0.25) is 0 Å². The van der Waals surface area contributed by atoms with Crippen LogP contribution in [-0.4, -0.2) is 69.3 Å². The van der Waals surface area contributed by atoms with Crippen molar-refractivity contribution in [1.82, 2.24) is 4.90 Å². The Morgan fingerprint density at radius 3 is 1.98 bits per heavy atom. The molecule has 2 aromatic carbocycles. The van der Waals surface area contributed by atoms with E-state index in [1.54, 1.807) is 54.6 Å². The lowest BCUT2D eigenvalue weighted by Gasteiger charge is -2.37. The van der Waals surface area contributed by atoms with Crippen LogP contribution in [0.3, 0.4) is 0 Å². The second-order valence-corrected chi connectivity index (χ2v) is 9.13. The van der Waals surface area contributed by atoms with Crippen molar-refractivity contribution in [3.05, 3.63) is 82.8 Å². The lowest BCUT2D eigenvalue weighted by Crippen LogP contribution is -2.52. The van der Waals surface area contributed by atoms with E-state index in [4.69, 9.17) is 15.2 Å². The number of methoxy groups -OCH3 is 2. The molecule has 0 radical (unpaired) electrons. The quantitative estimate of drug-likeness (QED) is 0.541. The van der Waals surface area contributed by atoms with Crippen LogP contribution < -0.4 is 15.5 Å². The number of nitriles is 1. The highest BCUT2D eigenvalue weighted by Gasteiger charge is 2.44. The van der Waals surface area contributed by atoms with Gasteiger partial charge < -0.3 is 25.0 Å². The number of esters is 2. The van der Waals surface area contributed by atoms with Gasteiger partial charge in [-0.15, -0.1) is 0 Å². The Kier molecular flexibility index (Phi) is 8.23. The van der Waals surface area contributed by atoms with Gasteiger partial charge in [0.15, 0.2) is 0 Å². The highest BCUT2D eigenvalue weighted by Crippen LogP contribution is 2.43. The van der Waals surface area contributed by atoms with Gasteiger partial charge in [0.25, 0.3) is 0 Å². The Morgan fingerprint density at radius 1 is 0.902 bits per heavy atom. The van der Waals surface area contributed by atoms with Gasteiger partial charge in [-0.2, -0.15) is 18.4 Å². The molecule has 2 aromatic rings. The Labute approximate surface area is 233 Å². The lowest BCUT2D eigenvalue weighted by molar-refractivity contribution is -0.185. The Bertz CT molecular complexity index is 1440. The predicted octanol–water partition coefficient (Wildman–Crippen LogP) is 2.80. The highest BCUT2D eigenvalue weighted by atomic mass is 19.4. The lowest BCUT2D eigenvalue weighted by atomic mass is 9.81. The number of allylic oxidation sites excluding steroid dienone is 1. The Hall–Kier alpha value is -4.99. The smallest absolute Gasteiger partial charge is 0.466 e. The normalized spacial score (nSPS) is 17.8. The molecule has 1 unspecified atom stereocenters. The molecule has 214 valence electrons. The fraction of sp³-hybridized carbons (Fsp3) is 0.286. The summed E-state index contributed by atoms with van der Waals surface area (Å²) in [6.45, 7) is 0.131. The highest BCUT2D eigenvalue weighted by molar-refractivity contribution is 6.06. The summed E-state index contributed by atoms with van der Waals surface area (Å²) in [6.07, 6.45) is -4.93. The maximum absolute atomic E-state index is 13.2. The number of halogens is 3. The van der Waals surface area contributed by atoms with Crippen molar-refractivity contribution in [2.24, 2.45) is 5.73 Å². The SMILES string of the molecule is COC(=O)C1=C(C(=O)OC)N(c2ccc(N3CCN(C(=O)C(F)(F)F)CC3)cc2)C(N)=C(C#N)C1c1ccccc1. The van der Waals surface area contributed by atoms with Gasteiger partial charge in [-0.05, 0) is 29.8 Å². The van der Waals surface area contributed by atoms with Crippen molar-refractivity contribution < 1.29 is 37.0 Å². The summed E-state index contributed by atoms with van der Waals surface area (Å²) < 4.78 is 48.4. The van der Waals surface area contributed by atoms with E-state index in [1.807, 2.05) is 4.90 Å². The number of hydrogen-bond donors (Lipinski definition) is 1. The number of nitrogens with two attached hydrogens (primary N) is 1. The fourth-order valence-corrected chi connectivity index (χ4v) is 4.94. The predicted molar refractivity (Wildman–Crippen MR) is 141 cm³/mol. The molecule has 2 aliphatic rings. The third kappa shape index (κ3) is 5.54. The van der Waals surface area contributed by atoms with Gasteiger partial charge in [-0.25, -0.2) is 9.59 Å². The van der Waals surface area contributed by atoms with Gasteiger partial charge in [0.1, 0.15) is 11.5 Å². The number of nitrogens with zero attached hydrogens (tertiary/aromatic N) is 4. The van der Waals surface area contributed by atoms with Crippen LogP contribution in [-0.2, 0) is 23.9 Å². The minimum Gasteiger partial charge on any atom is -0.466 e. The molecule has 0 aliphatic carbocycles. The molecule has 2 heterocycles. The first-order valence-corrected chi connectivity index (χ1v) is 12.4. The van der Waals surface area contributed by atoms with Gasteiger partial charge in [-0.3, -0.25) is 9.69 Å². The van der Waals surface area contributed by atoms with Crippen LogP contribution in [0.1, 0.15) is 11.5 Å².